The Morgan fingerprint density at radius 1 is 0.404 bits per heavy atom. The van der Waals surface area contributed by atoms with Gasteiger partial charge in [-0.1, -0.05) is 78.9 Å². The van der Waals surface area contributed by atoms with Crippen molar-refractivity contribution in [1.29, 1.82) is 0 Å². The number of fused-ring (bicyclic) bond motifs is 9. The highest BCUT2D eigenvalue weighted by Gasteiger charge is 2.15. The van der Waals surface area contributed by atoms with Crippen LogP contribution in [-0.2, 0) is 25.6 Å². The second-order valence-corrected chi connectivity index (χ2v) is 14.1. The van der Waals surface area contributed by atoms with E-state index in [0.717, 1.165) is 37.9 Å². The molecule has 57 heavy (non-hydrogen) atoms. The number of ether oxygens (including phenoxy) is 8. The first kappa shape index (κ1) is 38.6. The molecule has 0 saturated heterocycles. The van der Waals surface area contributed by atoms with Crippen LogP contribution >= 0.6 is 8.24 Å². The summed E-state index contributed by atoms with van der Waals surface area (Å²) in [4.78, 5) is 0. The Hall–Kier alpha value is -5.26. The molecule has 0 aliphatic carbocycles. The normalized spacial score (nSPS) is 15.6. The zero-order valence-electron chi connectivity index (χ0n) is 31.6. The molecule has 0 amide bonds. The lowest BCUT2D eigenvalue weighted by Gasteiger charge is -2.15. The zero-order valence-corrected chi connectivity index (χ0v) is 32.5. The highest BCUT2D eigenvalue weighted by atomic mass is 31.1. The molecule has 296 valence electrons. The lowest BCUT2D eigenvalue weighted by atomic mass is 9.99. The summed E-state index contributed by atoms with van der Waals surface area (Å²) in [6.45, 7) is 4.90. The van der Waals surface area contributed by atoms with Crippen LogP contribution in [0, 0.1) is 0 Å². The molecule has 0 fully saturated rings. The Morgan fingerprint density at radius 3 is 1.33 bits per heavy atom. The zero-order chi connectivity index (χ0) is 38.5. The Kier molecular flexibility index (Phi) is 13.4. The second-order valence-electron chi connectivity index (χ2n) is 13.1. The SMILES string of the molecule is c1ccc2c(c1)OCCOCCOCCOc1ccc(COp3oc4ccc5ccccc5c4c4c(ccc5ccccc54)o3)cc1OCCOCCOCCO2. The third-order valence-corrected chi connectivity index (χ3v) is 10.3. The molecule has 12 heteroatoms. The van der Waals surface area contributed by atoms with E-state index in [-0.39, 0.29) is 6.61 Å². The van der Waals surface area contributed by atoms with Crippen molar-refractivity contribution in [2.45, 2.75) is 6.61 Å². The maximum absolute atomic E-state index is 6.54. The molecular weight excluding hydrogens is 747 g/mol. The molecule has 1 aliphatic rings. The minimum Gasteiger partial charge on any atom is -0.487 e. The number of rotatable bonds is 3. The Bertz CT molecular complexity index is 2330. The van der Waals surface area contributed by atoms with Crippen LogP contribution in [-0.4, -0.2) is 79.3 Å². The fourth-order valence-corrected chi connectivity index (χ4v) is 7.60. The molecule has 0 N–H and O–H groups in total. The monoisotopic (exact) mass is 792 g/mol. The van der Waals surface area contributed by atoms with Gasteiger partial charge in [0.1, 0.15) is 37.6 Å². The number of hydrogen-bond donors (Lipinski definition) is 0. The van der Waals surface area contributed by atoms with Gasteiger partial charge in [0.05, 0.1) is 59.5 Å². The number of benzene rings is 6. The number of hydrogen-bond acceptors (Lipinski definition) is 11. The fraction of sp³-hybridized carbons (Fsp3) is 0.289. The predicted molar refractivity (Wildman–Crippen MR) is 220 cm³/mol. The molecule has 2 heterocycles. The van der Waals surface area contributed by atoms with Gasteiger partial charge in [-0.3, -0.25) is 4.52 Å². The Labute approximate surface area is 331 Å². The lowest BCUT2D eigenvalue weighted by molar-refractivity contribution is 0.0223. The van der Waals surface area contributed by atoms with Crippen LogP contribution in [0.5, 0.6) is 23.0 Å². The van der Waals surface area contributed by atoms with Gasteiger partial charge in [-0.2, -0.15) is 0 Å². The van der Waals surface area contributed by atoms with Gasteiger partial charge in [0.25, 0.3) is 0 Å². The van der Waals surface area contributed by atoms with Crippen molar-refractivity contribution in [3.63, 3.8) is 0 Å². The average molecular weight is 793 g/mol. The second kappa shape index (κ2) is 19.7. The van der Waals surface area contributed by atoms with E-state index in [1.54, 1.807) is 0 Å². The Morgan fingerprint density at radius 2 is 0.825 bits per heavy atom. The van der Waals surface area contributed by atoms with E-state index >= 15 is 0 Å². The molecule has 1 aliphatic heterocycles. The summed E-state index contributed by atoms with van der Waals surface area (Å²) < 4.78 is 66.4. The molecule has 0 bridgehead atoms. The van der Waals surface area contributed by atoms with Gasteiger partial charge in [0, 0.05) is 10.8 Å². The first-order chi connectivity index (χ1) is 28.3. The fourth-order valence-electron chi connectivity index (χ4n) is 6.58. The molecular formula is C45H45O11P. The first-order valence-electron chi connectivity index (χ1n) is 19.2. The van der Waals surface area contributed by atoms with E-state index in [9.17, 15) is 0 Å². The predicted octanol–water partition coefficient (Wildman–Crippen LogP) is 9.52. The van der Waals surface area contributed by atoms with Crippen LogP contribution in [0.15, 0.2) is 124 Å². The van der Waals surface area contributed by atoms with Gasteiger partial charge in [-0.25, -0.2) is 0 Å². The van der Waals surface area contributed by atoms with Crippen molar-refractivity contribution in [1.82, 2.24) is 0 Å². The molecule has 1 aromatic heterocycles. The highest BCUT2D eigenvalue weighted by Crippen LogP contribution is 2.41. The molecule has 7 aromatic rings. The van der Waals surface area contributed by atoms with Crippen LogP contribution in [0.2, 0.25) is 0 Å². The summed E-state index contributed by atoms with van der Waals surface area (Å²) in [5.74, 6) is 2.47. The van der Waals surface area contributed by atoms with Gasteiger partial charge < -0.3 is 46.3 Å². The topological polar surface area (TPSA) is 109 Å². The van der Waals surface area contributed by atoms with Gasteiger partial charge >= 0.3 is 8.24 Å². The summed E-state index contributed by atoms with van der Waals surface area (Å²) in [5, 5.41) is 6.39. The van der Waals surface area contributed by atoms with E-state index in [0.29, 0.717) is 113 Å². The van der Waals surface area contributed by atoms with Crippen molar-refractivity contribution in [3.05, 3.63) is 121 Å². The van der Waals surface area contributed by atoms with E-state index in [4.69, 9.17) is 50.8 Å². The van der Waals surface area contributed by atoms with Gasteiger partial charge in [-0.15, -0.1) is 0 Å². The molecule has 0 atom stereocenters. The summed E-state index contributed by atoms with van der Waals surface area (Å²) in [6, 6.07) is 38.1. The standard InChI is InChI=1S/C45H45O11P/c1-3-9-36-34(7-1)14-17-41-44(36)45-37-10-4-2-8-35(37)15-18-42(45)56-57(55-41)54-32-33-13-16-40-43(31-33)53-30-26-49-22-21-47-24-28-51-39-12-6-5-11-38(39)50-27-23-46-19-20-48-25-29-52-40/h1-18,31H,19-30,32H2. The van der Waals surface area contributed by atoms with Crippen LogP contribution in [0.3, 0.4) is 0 Å². The molecule has 11 nitrogen and oxygen atoms in total. The molecule has 0 radical (unpaired) electrons. The molecule has 0 saturated carbocycles. The first-order valence-corrected chi connectivity index (χ1v) is 20.3. The summed E-state index contributed by atoms with van der Waals surface area (Å²) in [5.41, 5.74) is 2.28. The van der Waals surface area contributed by atoms with E-state index in [1.165, 1.54) is 0 Å². The minimum atomic E-state index is -1.82. The van der Waals surface area contributed by atoms with Gasteiger partial charge in [0.15, 0.2) is 23.0 Å². The third-order valence-electron chi connectivity index (χ3n) is 9.26. The van der Waals surface area contributed by atoms with Crippen molar-refractivity contribution >= 4 is 51.7 Å². The molecule has 0 unspecified atom stereocenters. The minimum absolute atomic E-state index is 0.214. The quantitative estimate of drug-likeness (QED) is 0.171. The van der Waals surface area contributed by atoms with E-state index in [2.05, 4.69) is 36.4 Å². The van der Waals surface area contributed by atoms with E-state index < -0.39 is 8.24 Å². The molecule has 8 rings (SSSR count). The van der Waals surface area contributed by atoms with E-state index in [1.807, 2.05) is 78.9 Å². The maximum Gasteiger partial charge on any atom is 0.387 e. The average Bonchev–Trinajstić information content (AvgIpc) is 3.42. The van der Waals surface area contributed by atoms with Crippen LogP contribution in [0.25, 0.3) is 43.5 Å². The van der Waals surface area contributed by atoms with Crippen molar-refractivity contribution in [2.75, 3.05) is 79.3 Å². The van der Waals surface area contributed by atoms with Crippen molar-refractivity contribution < 1.29 is 50.8 Å². The molecule has 0 spiro atoms. The lowest BCUT2D eigenvalue weighted by Crippen LogP contribution is -2.15. The van der Waals surface area contributed by atoms with Crippen molar-refractivity contribution in [3.8, 4) is 23.0 Å². The maximum atomic E-state index is 6.54. The van der Waals surface area contributed by atoms with Crippen LogP contribution in [0.1, 0.15) is 5.56 Å². The highest BCUT2D eigenvalue weighted by molar-refractivity contribution is 7.31. The van der Waals surface area contributed by atoms with Crippen LogP contribution < -0.4 is 23.5 Å². The summed E-state index contributed by atoms with van der Waals surface area (Å²) in [7, 11) is -1.82. The third kappa shape index (κ3) is 10.0. The van der Waals surface area contributed by atoms with Crippen LogP contribution in [0.4, 0.5) is 0 Å². The summed E-state index contributed by atoms with van der Waals surface area (Å²) in [6.07, 6.45) is 0. The smallest absolute Gasteiger partial charge is 0.387 e. The largest absolute Gasteiger partial charge is 0.487 e. The van der Waals surface area contributed by atoms with Gasteiger partial charge in [0.2, 0.25) is 0 Å². The number of para-hydroxylation sites is 2. The summed E-state index contributed by atoms with van der Waals surface area (Å²) >= 11 is 0. The Balaban J connectivity index is 0.961. The van der Waals surface area contributed by atoms with Gasteiger partial charge in [-0.05, 0) is 63.5 Å². The molecule has 6 aromatic carbocycles. The van der Waals surface area contributed by atoms with Crippen molar-refractivity contribution in [2.24, 2.45) is 0 Å².